The average molecular weight is 237 g/mol. The first-order chi connectivity index (χ1) is 8.20. The first-order valence-corrected chi connectivity index (χ1v) is 6.34. The van der Waals surface area contributed by atoms with Crippen LogP contribution in [-0.4, -0.2) is 18.2 Å². The molecule has 3 heteroatoms. The maximum absolute atomic E-state index is 13.4. The van der Waals surface area contributed by atoms with Crippen LogP contribution in [-0.2, 0) is 6.61 Å². The van der Waals surface area contributed by atoms with E-state index in [0.29, 0.717) is 11.6 Å². The topological polar surface area (TPSA) is 23.5 Å². The van der Waals surface area contributed by atoms with Gasteiger partial charge in [0, 0.05) is 18.8 Å². The van der Waals surface area contributed by atoms with Crippen molar-refractivity contribution in [1.82, 2.24) is 0 Å². The molecule has 1 aromatic rings. The summed E-state index contributed by atoms with van der Waals surface area (Å²) in [6.07, 6.45) is 6.20. The van der Waals surface area contributed by atoms with Gasteiger partial charge in [-0.2, -0.15) is 0 Å². The highest BCUT2D eigenvalue weighted by atomic mass is 19.1. The third kappa shape index (κ3) is 2.97. The molecule has 1 aliphatic carbocycles. The number of nitrogens with zero attached hydrogens (tertiary/aromatic N) is 1. The molecule has 1 aliphatic rings. The van der Waals surface area contributed by atoms with Crippen molar-refractivity contribution in [1.29, 1.82) is 0 Å². The van der Waals surface area contributed by atoms with Gasteiger partial charge in [0.25, 0.3) is 0 Å². The Bertz CT molecular complexity index is 374. The van der Waals surface area contributed by atoms with Crippen molar-refractivity contribution >= 4 is 5.69 Å². The molecule has 0 unspecified atom stereocenters. The van der Waals surface area contributed by atoms with Crippen LogP contribution >= 0.6 is 0 Å². The molecule has 0 aromatic heterocycles. The van der Waals surface area contributed by atoms with Crippen LogP contribution in [0.3, 0.4) is 0 Å². The fraction of sp³-hybridized carbons (Fsp3) is 0.571. The zero-order chi connectivity index (χ0) is 12.3. The number of rotatable bonds is 3. The van der Waals surface area contributed by atoms with Crippen LogP contribution in [0, 0.1) is 5.82 Å². The molecule has 1 aromatic carbocycles. The minimum atomic E-state index is -0.269. The van der Waals surface area contributed by atoms with Crippen molar-refractivity contribution in [2.24, 2.45) is 0 Å². The Labute approximate surface area is 102 Å². The van der Waals surface area contributed by atoms with E-state index in [1.165, 1.54) is 38.2 Å². The maximum atomic E-state index is 13.4. The van der Waals surface area contributed by atoms with E-state index in [4.69, 9.17) is 5.11 Å². The Morgan fingerprint density at radius 3 is 2.59 bits per heavy atom. The van der Waals surface area contributed by atoms with E-state index in [1.807, 2.05) is 13.1 Å². The molecule has 0 spiro atoms. The standard InChI is InChI=1S/C14H20FNO/c1-16(13-5-3-2-4-6-13)14-8-11(10-17)7-12(15)9-14/h7-9,13,17H,2-6,10H2,1H3. The number of hydrogen-bond acceptors (Lipinski definition) is 2. The van der Waals surface area contributed by atoms with Gasteiger partial charge in [0.05, 0.1) is 6.61 Å². The van der Waals surface area contributed by atoms with E-state index in [2.05, 4.69) is 4.90 Å². The van der Waals surface area contributed by atoms with Gasteiger partial charge in [0.1, 0.15) is 5.82 Å². The van der Waals surface area contributed by atoms with E-state index in [-0.39, 0.29) is 12.4 Å². The highest BCUT2D eigenvalue weighted by molar-refractivity contribution is 5.49. The van der Waals surface area contributed by atoms with Crippen LogP contribution in [0.5, 0.6) is 0 Å². The Balaban J connectivity index is 2.17. The van der Waals surface area contributed by atoms with Crippen LogP contribution in [0.15, 0.2) is 18.2 Å². The van der Waals surface area contributed by atoms with Crippen molar-refractivity contribution in [3.63, 3.8) is 0 Å². The highest BCUT2D eigenvalue weighted by Gasteiger charge is 2.18. The van der Waals surface area contributed by atoms with Crippen molar-refractivity contribution in [3.8, 4) is 0 Å². The van der Waals surface area contributed by atoms with Gasteiger partial charge < -0.3 is 10.0 Å². The lowest BCUT2D eigenvalue weighted by atomic mass is 9.94. The lowest BCUT2D eigenvalue weighted by molar-refractivity contribution is 0.281. The maximum Gasteiger partial charge on any atom is 0.125 e. The Kier molecular flexibility index (Phi) is 4.00. The summed E-state index contributed by atoms with van der Waals surface area (Å²) < 4.78 is 13.4. The minimum Gasteiger partial charge on any atom is -0.392 e. The van der Waals surface area contributed by atoms with Gasteiger partial charge in [-0.15, -0.1) is 0 Å². The Morgan fingerprint density at radius 1 is 1.24 bits per heavy atom. The predicted octanol–water partition coefficient (Wildman–Crippen LogP) is 3.09. The molecule has 2 nitrogen and oxygen atoms in total. The molecule has 0 heterocycles. The Hall–Kier alpha value is -1.09. The summed E-state index contributed by atoms with van der Waals surface area (Å²) in [5.74, 6) is -0.269. The second-order valence-electron chi connectivity index (χ2n) is 4.88. The van der Waals surface area contributed by atoms with Crippen LogP contribution in [0.25, 0.3) is 0 Å². The Morgan fingerprint density at radius 2 is 1.94 bits per heavy atom. The largest absolute Gasteiger partial charge is 0.392 e. The normalized spacial score (nSPS) is 17.1. The molecule has 1 N–H and O–H groups in total. The van der Waals surface area contributed by atoms with Gasteiger partial charge >= 0.3 is 0 Å². The molecule has 17 heavy (non-hydrogen) atoms. The van der Waals surface area contributed by atoms with Crippen molar-refractivity contribution < 1.29 is 9.50 Å². The quantitative estimate of drug-likeness (QED) is 0.873. The first-order valence-electron chi connectivity index (χ1n) is 6.34. The first kappa shape index (κ1) is 12.4. The number of hydrogen-bond donors (Lipinski definition) is 1. The van der Waals surface area contributed by atoms with E-state index in [0.717, 1.165) is 5.69 Å². The molecule has 1 saturated carbocycles. The van der Waals surface area contributed by atoms with Crippen molar-refractivity contribution in [3.05, 3.63) is 29.6 Å². The van der Waals surface area contributed by atoms with Crippen LogP contribution < -0.4 is 4.90 Å². The highest BCUT2D eigenvalue weighted by Crippen LogP contribution is 2.27. The fourth-order valence-electron chi connectivity index (χ4n) is 2.61. The summed E-state index contributed by atoms with van der Waals surface area (Å²) in [5.41, 5.74) is 1.52. The zero-order valence-electron chi connectivity index (χ0n) is 10.3. The van der Waals surface area contributed by atoms with E-state index in [9.17, 15) is 4.39 Å². The summed E-state index contributed by atoms with van der Waals surface area (Å²) in [4.78, 5) is 2.15. The fourth-order valence-corrected chi connectivity index (χ4v) is 2.61. The molecule has 1 fully saturated rings. The second kappa shape index (κ2) is 5.50. The van der Waals surface area contributed by atoms with E-state index in [1.54, 1.807) is 6.07 Å². The molecule has 2 rings (SSSR count). The molecule has 0 aliphatic heterocycles. The number of aliphatic hydroxyl groups excluding tert-OH is 1. The molecule has 0 radical (unpaired) electrons. The van der Waals surface area contributed by atoms with Crippen molar-refractivity contribution in [2.75, 3.05) is 11.9 Å². The van der Waals surface area contributed by atoms with Gasteiger partial charge in [-0.1, -0.05) is 19.3 Å². The van der Waals surface area contributed by atoms with E-state index < -0.39 is 0 Å². The van der Waals surface area contributed by atoms with E-state index >= 15 is 0 Å². The van der Waals surface area contributed by atoms with Gasteiger partial charge in [-0.05, 0) is 36.6 Å². The number of halogens is 1. The van der Waals surface area contributed by atoms with Crippen LogP contribution in [0.1, 0.15) is 37.7 Å². The SMILES string of the molecule is CN(c1cc(F)cc(CO)c1)C1CCCCC1. The minimum absolute atomic E-state index is 0.108. The lowest BCUT2D eigenvalue weighted by Crippen LogP contribution is -2.33. The molecule has 0 atom stereocenters. The molecule has 0 amide bonds. The average Bonchev–Trinajstić information content (AvgIpc) is 2.38. The summed E-state index contributed by atoms with van der Waals surface area (Å²) >= 11 is 0. The number of aliphatic hydroxyl groups is 1. The number of benzene rings is 1. The lowest BCUT2D eigenvalue weighted by Gasteiger charge is -2.33. The molecular weight excluding hydrogens is 217 g/mol. The molecule has 0 bridgehead atoms. The van der Waals surface area contributed by atoms with Gasteiger partial charge in [-0.25, -0.2) is 4.39 Å². The van der Waals surface area contributed by atoms with Gasteiger partial charge in [0.2, 0.25) is 0 Å². The summed E-state index contributed by atoms with van der Waals surface area (Å²) in [6.45, 7) is -0.108. The molecular formula is C14H20FNO. The monoisotopic (exact) mass is 237 g/mol. The molecule has 94 valence electrons. The summed E-state index contributed by atoms with van der Waals surface area (Å²) in [7, 11) is 2.02. The smallest absolute Gasteiger partial charge is 0.125 e. The van der Waals surface area contributed by atoms with Gasteiger partial charge in [-0.3, -0.25) is 0 Å². The van der Waals surface area contributed by atoms with Gasteiger partial charge in [0.15, 0.2) is 0 Å². The zero-order valence-corrected chi connectivity index (χ0v) is 10.3. The second-order valence-corrected chi connectivity index (χ2v) is 4.88. The third-order valence-corrected chi connectivity index (χ3v) is 3.65. The summed E-state index contributed by atoms with van der Waals surface area (Å²) in [6, 6.07) is 5.32. The third-order valence-electron chi connectivity index (χ3n) is 3.65. The van der Waals surface area contributed by atoms with Crippen molar-refractivity contribution in [2.45, 2.75) is 44.8 Å². The van der Waals surface area contributed by atoms with Crippen LogP contribution in [0.4, 0.5) is 10.1 Å². The predicted molar refractivity (Wildman–Crippen MR) is 67.6 cm³/mol. The number of anilines is 1. The molecule has 0 saturated heterocycles. The summed E-state index contributed by atoms with van der Waals surface area (Å²) in [5, 5.41) is 9.09. The van der Waals surface area contributed by atoms with Crippen LogP contribution in [0.2, 0.25) is 0 Å².